The van der Waals surface area contributed by atoms with Crippen molar-refractivity contribution in [2.45, 2.75) is 0 Å². The van der Waals surface area contributed by atoms with Gasteiger partial charge in [0.25, 0.3) is 0 Å². The van der Waals surface area contributed by atoms with Gasteiger partial charge in [0.1, 0.15) is 11.5 Å². The molecule has 0 saturated carbocycles. The zero-order valence-electron chi connectivity index (χ0n) is 11.6. The molecule has 0 amide bonds. The summed E-state index contributed by atoms with van der Waals surface area (Å²) in [5, 5.41) is 0. The summed E-state index contributed by atoms with van der Waals surface area (Å²) in [6.07, 6.45) is 0. The molecule has 0 fully saturated rings. The third-order valence-corrected chi connectivity index (χ3v) is 3.60. The van der Waals surface area contributed by atoms with E-state index in [1.54, 1.807) is 24.3 Å². The van der Waals surface area contributed by atoms with E-state index in [4.69, 9.17) is 15.2 Å². The molecule has 1 aliphatic carbocycles. The van der Waals surface area contributed by atoms with Gasteiger partial charge in [0.2, 0.25) is 0 Å². The van der Waals surface area contributed by atoms with Crippen molar-refractivity contribution in [2.24, 2.45) is 0 Å². The van der Waals surface area contributed by atoms with Crippen molar-refractivity contribution in [1.82, 2.24) is 0 Å². The Morgan fingerprint density at radius 3 is 1.90 bits per heavy atom. The average molecular weight is 283 g/mol. The van der Waals surface area contributed by atoms with E-state index in [-0.39, 0.29) is 34.1 Å². The molecule has 0 heterocycles. The third kappa shape index (κ3) is 1.71. The highest BCUT2D eigenvalue weighted by Gasteiger charge is 2.35. The van der Waals surface area contributed by atoms with Gasteiger partial charge in [-0.1, -0.05) is 24.3 Å². The molecule has 2 N–H and O–H groups in total. The van der Waals surface area contributed by atoms with Crippen LogP contribution < -0.4 is 15.2 Å². The standard InChI is InChI=1S/C16H13NO4/c1-20-10-7-11(21-2)14(17)13-12(10)15(18)8-5-3-4-6-9(8)16(13)19/h3-7H,17H2,1-2H3. The number of ether oxygens (including phenoxy) is 2. The van der Waals surface area contributed by atoms with Crippen LogP contribution in [0.3, 0.4) is 0 Å². The van der Waals surface area contributed by atoms with Crippen LogP contribution in [0.25, 0.3) is 0 Å². The molecule has 2 aromatic carbocycles. The molecule has 21 heavy (non-hydrogen) atoms. The minimum Gasteiger partial charge on any atom is -0.496 e. The van der Waals surface area contributed by atoms with Crippen molar-refractivity contribution < 1.29 is 19.1 Å². The van der Waals surface area contributed by atoms with Crippen molar-refractivity contribution >= 4 is 17.3 Å². The highest BCUT2D eigenvalue weighted by atomic mass is 16.5. The van der Waals surface area contributed by atoms with Crippen LogP contribution in [0.15, 0.2) is 30.3 Å². The van der Waals surface area contributed by atoms with Crippen LogP contribution in [-0.2, 0) is 0 Å². The van der Waals surface area contributed by atoms with Crippen LogP contribution in [0.4, 0.5) is 5.69 Å². The molecule has 5 heteroatoms. The van der Waals surface area contributed by atoms with E-state index in [1.807, 2.05) is 0 Å². The Morgan fingerprint density at radius 2 is 1.38 bits per heavy atom. The zero-order valence-corrected chi connectivity index (χ0v) is 11.6. The SMILES string of the molecule is COc1cc(OC)c2c(c1N)C(=O)c1ccccc1C2=O. The summed E-state index contributed by atoms with van der Waals surface area (Å²) >= 11 is 0. The molecule has 0 aliphatic heterocycles. The van der Waals surface area contributed by atoms with E-state index in [2.05, 4.69) is 0 Å². The van der Waals surface area contributed by atoms with Gasteiger partial charge < -0.3 is 15.2 Å². The predicted octanol–water partition coefficient (Wildman–Crippen LogP) is 2.06. The van der Waals surface area contributed by atoms with E-state index < -0.39 is 0 Å². The van der Waals surface area contributed by atoms with E-state index in [0.29, 0.717) is 16.9 Å². The number of rotatable bonds is 2. The van der Waals surface area contributed by atoms with Gasteiger partial charge in [-0.2, -0.15) is 0 Å². The van der Waals surface area contributed by atoms with Crippen LogP contribution in [0.5, 0.6) is 11.5 Å². The van der Waals surface area contributed by atoms with E-state index in [0.717, 1.165) is 0 Å². The second-order valence-corrected chi connectivity index (χ2v) is 4.65. The number of nitrogens with two attached hydrogens (primary N) is 1. The van der Waals surface area contributed by atoms with Crippen LogP contribution in [0, 0.1) is 0 Å². The number of benzene rings is 2. The fourth-order valence-electron chi connectivity index (χ4n) is 2.59. The maximum atomic E-state index is 12.7. The first kappa shape index (κ1) is 13.2. The second-order valence-electron chi connectivity index (χ2n) is 4.65. The number of methoxy groups -OCH3 is 2. The smallest absolute Gasteiger partial charge is 0.198 e. The van der Waals surface area contributed by atoms with Crippen LogP contribution >= 0.6 is 0 Å². The summed E-state index contributed by atoms with van der Waals surface area (Å²) in [6.45, 7) is 0. The molecule has 0 saturated heterocycles. The van der Waals surface area contributed by atoms with Crippen molar-refractivity contribution in [3.8, 4) is 11.5 Å². The van der Waals surface area contributed by atoms with Crippen molar-refractivity contribution in [3.63, 3.8) is 0 Å². The number of fused-ring (bicyclic) bond motifs is 2. The highest BCUT2D eigenvalue weighted by molar-refractivity contribution is 6.31. The molecular weight excluding hydrogens is 270 g/mol. The lowest BCUT2D eigenvalue weighted by atomic mass is 9.82. The third-order valence-electron chi connectivity index (χ3n) is 3.60. The molecule has 1 aliphatic rings. The fraction of sp³-hybridized carbons (Fsp3) is 0.125. The number of ketones is 2. The monoisotopic (exact) mass is 283 g/mol. The molecule has 0 radical (unpaired) electrons. The Morgan fingerprint density at radius 1 is 0.857 bits per heavy atom. The molecule has 0 unspecified atom stereocenters. The molecule has 0 bridgehead atoms. The number of carbonyl (C=O) groups excluding carboxylic acids is 2. The maximum absolute atomic E-state index is 12.7. The second kappa shape index (κ2) is 4.63. The number of carbonyl (C=O) groups is 2. The lowest BCUT2D eigenvalue weighted by Gasteiger charge is -2.22. The van der Waals surface area contributed by atoms with E-state index >= 15 is 0 Å². The Labute approximate surface area is 121 Å². The number of hydrogen-bond donors (Lipinski definition) is 1. The first-order valence-electron chi connectivity index (χ1n) is 6.33. The van der Waals surface area contributed by atoms with Crippen molar-refractivity contribution in [1.29, 1.82) is 0 Å². The summed E-state index contributed by atoms with van der Waals surface area (Å²) in [4.78, 5) is 25.3. The normalized spacial score (nSPS) is 12.7. The summed E-state index contributed by atoms with van der Waals surface area (Å²) in [6, 6.07) is 8.19. The quantitative estimate of drug-likeness (QED) is 0.728. The van der Waals surface area contributed by atoms with E-state index in [9.17, 15) is 9.59 Å². The molecule has 106 valence electrons. The van der Waals surface area contributed by atoms with Crippen LogP contribution in [0.1, 0.15) is 31.8 Å². The summed E-state index contributed by atoms with van der Waals surface area (Å²) in [7, 11) is 2.88. The Bertz CT molecular complexity index is 780. The summed E-state index contributed by atoms with van der Waals surface area (Å²) < 4.78 is 10.4. The molecule has 3 rings (SSSR count). The summed E-state index contributed by atoms with van der Waals surface area (Å²) in [5.41, 5.74) is 7.19. The number of anilines is 1. The molecular formula is C16H13NO4. The minimum atomic E-state index is -0.296. The predicted molar refractivity (Wildman–Crippen MR) is 77.3 cm³/mol. The first-order valence-corrected chi connectivity index (χ1v) is 6.33. The highest BCUT2D eigenvalue weighted by Crippen LogP contribution is 2.41. The minimum absolute atomic E-state index is 0.148. The van der Waals surface area contributed by atoms with Gasteiger partial charge >= 0.3 is 0 Å². The van der Waals surface area contributed by atoms with Gasteiger partial charge in [-0.15, -0.1) is 0 Å². The van der Waals surface area contributed by atoms with Gasteiger partial charge in [0, 0.05) is 17.2 Å². The molecule has 5 nitrogen and oxygen atoms in total. The van der Waals surface area contributed by atoms with Crippen molar-refractivity contribution in [3.05, 3.63) is 52.6 Å². The summed E-state index contributed by atoms with van der Waals surface area (Å²) in [5.74, 6) is 0.0244. The van der Waals surface area contributed by atoms with Gasteiger partial charge in [-0.25, -0.2) is 0 Å². The topological polar surface area (TPSA) is 78.6 Å². The Kier molecular flexibility index (Phi) is 2.90. The molecule has 2 aromatic rings. The lowest BCUT2D eigenvalue weighted by Crippen LogP contribution is -2.23. The Balaban J connectivity index is 2.39. The van der Waals surface area contributed by atoms with Gasteiger partial charge in [0.15, 0.2) is 11.6 Å². The van der Waals surface area contributed by atoms with Crippen LogP contribution in [0.2, 0.25) is 0 Å². The molecule has 0 atom stereocenters. The average Bonchev–Trinajstić information content (AvgIpc) is 2.52. The zero-order chi connectivity index (χ0) is 15.1. The maximum Gasteiger partial charge on any atom is 0.198 e. The van der Waals surface area contributed by atoms with Gasteiger partial charge in [0.05, 0.1) is 31.0 Å². The lowest BCUT2D eigenvalue weighted by molar-refractivity contribution is 0.0977. The van der Waals surface area contributed by atoms with Gasteiger partial charge in [-0.3, -0.25) is 9.59 Å². The molecule has 0 aromatic heterocycles. The largest absolute Gasteiger partial charge is 0.496 e. The molecule has 0 spiro atoms. The fourth-order valence-corrected chi connectivity index (χ4v) is 2.59. The van der Waals surface area contributed by atoms with Gasteiger partial charge in [-0.05, 0) is 0 Å². The first-order chi connectivity index (χ1) is 10.1. The Hall–Kier alpha value is -2.82. The number of hydrogen-bond acceptors (Lipinski definition) is 5. The van der Waals surface area contributed by atoms with Crippen molar-refractivity contribution in [2.75, 3.05) is 20.0 Å². The number of nitrogen functional groups attached to an aromatic ring is 1. The van der Waals surface area contributed by atoms with E-state index in [1.165, 1.54) is 20.3 Å². The van der Waals surface area contributed by atoms with Crippen LogP contribution in [-0.4, -0.2) is 25.8 Å².